The number of thiazole rings is 1. The van der Waals surface area contributed by atoms with Gasteiger partial charge >= 0.3 is 0 Å². The minimum atomic E-state index is -0.363. The Morgan fingerprint density at radius 2 is 1.89 bits per heavy atom. The molecule has 3 aliphatic heterocycles. The highest BCUT2D eigenvalue weighted by Crippen LogP contribution is 2.42. The maximum Gasteiger partial charge on any atom is 0.236 e. The van der Waals surface area contributed by atoms with Crippen molar-refractivity contribution in [3.8, 4) is 17.3 Å². The summed E-state index contributed by atoms with van der Waals surface area (Å²) >= 11 is 1.32. The normalized spacial score (nSPS) is 18.3. The van der Waals surface area contributed by atoms with E-state index in [2.05, 4.69) is 46.4 Å². The monoisotopic (exact) mass is 642 g/mol. The average Bonchev–Trinajstić information content (AvgIpc) is 3.75. The summed E-state index contributed by atoms with van der Waals surface area (Å²) in [6.45, 7) is 9.38. The molecule has 0 unspecified atom stereocenters. The molecule has 1 N–H and O–H groups in total. The highest BCUT2D eigenvalue weighted by atomic mass is 32.1. The maximum atomic E-state index is 13.6. The number of piperidine rings is 1. The zero-order chi connectivity index (χ0) is 32.2. The fraction of sp³-hybridized carbons (Fsp3) is 0.471. The SMILES string of the molecule is CCc1nc2c(C)cc(N3CCC4(CCN(CC(=O)N5CC(O)C5)C4)CC3)cn2c1N(C)c1nc(-c2ccc(F)cc2)c(C#N)s1. The third kappa shape index (κ3) is 5.50. The summed E-state index contributed by atoms with van der Waals surface area (Å²) in [5.74, 6) is 0.722. The molecule has 1 spiro atoms. The van der Waals surface area contributed by atoms with Crippen LogP contribution in [0.15, 0.2) is 36.5 Å². The highest BCUT2D eigenvalue weighted by molar-refractivity contribution is 7.16. The van der Waals surface area contributed by atoms with Crippen LogP contribution in [0, 0.1) is 29.5 Å². The van der Waals surface area contributed by atoms with E-state index >= 15 is 0 Å². The number of likely N-dealkylation sites (tertiary alicyclic amines) is 2. The van der Waals surface area contributed by atoms with Crippen LogP contribution in [-0.2, 0) is 11.2 Å². The number of aliphatic hydroxyl groups excluding tert-OH is 1. The van der Waals surface area contributed by atoms with E-state index in [4.69, 9.17) is 9.97 Å². The number of nitrogens with zero attached hydrogens (tertiary/aromatic N) is 8. The summed E-state index contributed by atoms with van der Waals surface area (Å²) in [6, 6.07) is 10.6. The van der Waals surface area contributed by atoms with E-state index in [1.54, 1.807) is 17.0 Å². The summed E-state index contributed by atoms with van der Waals surface area (Å²) < 4.78 is 15.8. The molecule has 1 aromatic carbocycles. The molecule has 4 aromatic rings. The van der Waals surface area contributed by atoms with E-state index in [-0.39, 0.29) is 23.2 Å². The number of carbonyl (C=O) groups is 1. The predicted molar refractivity (Wildman–Crippen MR) is 177 cm³/mol. The number of fused-ring (bicyclic) bond motifs is 1. The Morgan fingerprint density at radius 3 is 2.57 bits per heavy atom. The van der Waals surface area contributed by atoms with Crippen molar-refractivity contribution in [3.05, 3.63) is 58.5 Å². The van der Waals surface area contributed by atoms with Gasteiger partial charge in [0.1, 0.15) is 33.9 Å². The van der Waals surface area contributed by atoms with Crippen molar-refractivity contribution in [2.75, 3.05) is 62.7 Å². The molecule has 10 nitrogen and oxygen atoms in total. The first kappa shape index (κ1) is 30.6. The Labute approximate surface area is 272 Å². The van der Waals surface area contributed by atoms with Crippen LogP contribution in [0.1, 0.15) is 42.3 Å². The summed E-state index contributed by atoms with van der Waals surface area (Å²) in [6.07, 6.45) is 5.83. The topological polar surface area (TPSA) is 104 Å². The lowest BCUT2D eigenvalue weighted by Gasteiger charge is -2.41. The number of pyridine rings is 1. The summed E-state index contributed by atoms with van der Waals surface area (Å²) in [7, 11) is 1.96. The van der Waals surface area contributed by atoms with Crippen LogP contribution < -0.4 is 9.80 Å². The van der Waals surface area contributed by atoms with Crippen molar-refractivity contribution < 1.29 is 14.3 Å². The van der Waals surface area contributed by atoms with Crippen molar-refractivity contribution in [3.63, 3.8) is 0 Å². The van der Waals surface area contributed by atoms with Gasteiger partial charge in [0, 0.05) is 51.5 Å². The van der Waals surface area contributed by atoms with Crippen LogP contribution in [0.2, 0.25) is 0 Å². The van der Waals surface area contributed by atoms with Gasteiger partial charge in [-0.2, -0.15) is 5.26 Å². The zero-order valence-electron chi connectivity index (χ0n) is 26.5. The van der Waals surface area contributed by atoms with Crippen LogP contribution in [0.4, 0.5) is 21.0 Å². The van der Waals surface area contributed by atoms with Gasteiger partial charge in [0.15, 0.2) is 5.13 Å². The molecule has 46 heavy (non-hydrogen) atoms. The number of anilines is 3. The standard InChI is InChI=1S/C34H39FN8O2S/c1-4-27-32(39(3)33-38-30(28(16-36)46-33)23-5-7-24(35)8-6-23)43-17-25(15-22(2)31(43)37-27)41-13-10-34(11-14-41)9-12-40(21-34)20-29(45)42-18-26(44)19-42/h5-8,15,17,26,44H,4,9-14,18-21H2,1-3H3. The third-order valence-electron chi connectivity index (χ3n) is 9.99. The second kappa shape index (κ2) is 12.0. The van der Waals surface area contributed by atoms with Crippen molar-refractivity contribution in [2.24, 2.45) is 5.41 Å². The zero-order valence-corrected chi connectivity index (χ0v) is 27.4. The lowest BCUT2D eigenvalue weighted by atomic mass is 9.77. The molecule has 240 valence electrons. The van der Waals surface area contributed by atoms with E-state index < -0.39 is 0 Å². The Morgan fingerprint density at radius 1 is 1.17 bits per heavy atom. The van der Waals surface area contributed by atoms with Gasteiger partial charge in [-0.3, -0.25) is 14.1 Å². The largest absolute Gasteiger partial charge is 0.389 e. The van der Waals surface area contributed by atoms with Crippen LogP contribution in [-0.4, -0.2) is 94.1 Å². The number of nitriles is 1. The second-order valence-electron chi connectivity index (χ2n) is 13.1. The van der Waals surface area contributed by atoms with Gasteiger partial charge in [0.2, 0.25) is 5.91 Å². The number of halogens is 1. The van der Waals surface area contributed by atoms with Crippen LogP contribution in [0.3, 0.4) is 0 Å². The number of hydrogen-bond acceptors (Lipinski definition) is 9. The number of amides is 1. The average molecular weight is 643 g/mol. The van der Waals surface area contributed by atoms with E-state index in [9.17, 15) is 19.6 Å². The van der Waals surface area contributed by atoms with Gasteiger partial charge in [-0.25, -0.2) is 14.4 Å². The lowest BCUT2D eigenvalue weighted by Crippen LogP contribution is -2.55. The molecule has 0 saturated carbocycles. The lowest BCUT2D eigenvalue weighted by molar-refractivity contribution is -0.142. The highest BCUT2D eigenvalue weighted by Gasteiger charge is 2.42. The van der Waals surface area contributed by atoms with Crippen LogP contribution in [0.5, 0.6) is 0 Å². The van der Waals surface area contributed by atoms with Gasteiger partial charge in [0.25, 0.3) is 0 Å². The molecule has 3 aliphatic rings. The number of aromatic nitrogens is 3. The smallest absolute Gasteiger partial charge is 0.236 e. The number of aryl methyl sites for hydroxylation is 2. The molecule has 7 rings (SSSR count). The number of imidazole rings is 1. The quantitative estimate of drug-likeness (QED) is 0.312. The molecule has 3 aromatic heterocycles. The maximum absolute atomic E-state index is 13.6. The summed E-state index contributed by atoms with van der Waals surface area (Å²) in [4.78, 5) is 31.5. The van der Waals surface area contributed by atoms with E-state index in [1.165, 1.54) is 23.5 Å². The predicted octanol–water partition coefficient (Wildman–Crippen LogP) is 4.60. The molecule has 1 amide bonds. The van der Waals surface area contributed by atoms with E-state index in [0.29, 0.717) is 40.9 Å². The second-order valence-corrected chi connectivity index (χ2v) is 14.0. The van der Waals surface area contributed by atoms with Crippen LogP contribution >= 0.6 is 11.3 Å². The van der Waals surface area contributed by atoms with E-state index in [0.717, 1.165) is 80.3 Å². The van der Waals surface area contributed by atoms with Gasteiger partial charge in [0.05, 0.1) is 24.0 Å². The number of β-amino-alcohol motifs (C(OH)–C–C–N with tert-alkyl or cyclic N) is 1. The Bertz CT molecular complexity index is 1820. The number of hydrogen-bond donors (Lipinski definition) is 1. The molecule has 0 atom stereocenters. The van der Waals surface area contributed by atoms with Gasteiger partial charge in [-0.1, -0.05) is 18.3 Å². The van der Waals surface area contributed by atoms with Crippen molar-refractivity contribution in [2.45, 2.75) is 45.6 Å². The van der Waals surface area contributed by atoms with Gasteiger partial charge in [-0.15, -0.1) is 0 Å². The molecule has 0 radical (unpaired) electrons. The first-order valence-electron chi connectivity index (χ1n) is 16.0. The Kier molecular flexibility index (Phi) is 7.95. The molecule has 0 bridgehead atoms. The van der Waals surface area contributed by atoms with E-state index in [1.807, 2.05) is 11.9 Å². The van der Waals surface area contributed by atoms with Gasteiger partial charge in [-0.05, 0) is 80.5 Å². The molecule has 12 heteroatoms. The Hall–Kier alpha value is -4.05. The molecular formula is C34H39FN8O2S. The molecule has 3 saturated heterocycles. The molecule has 6 heterocycles. The summed E-state index contributed by atoms with van der Waals surface area (Å²) in [5, 5.41) is 20.1. The Balaban J connectivity index is 1.11. The number of rotatable bonds is 7. The third-order valence-corrected chi connectivity index (χ3v) is 11.0. The first-order valence-corrected chi connectivity index (χ1v) is 16.8. The fourth-order valence-corrected chi connectivity index (χ4v) is 8.12. The number of aliphatic hydroxyl groups is 1. The number of carbonyl (C=O) groups excluding carboxylic acids is 1. The molecule has 3 fully saturated rings. The molecule has 0 aliphatic carbocycles. The number of benzene rings is 1. The van der Waals surface area contributed by atoms with Crippen molar-refractivity contribution >= 4 is 39.5 Å². The fourth-order valence-electron chi connectivity index (χ4n) is 7.28. The first-order chi connectivity index (χ1) is 22.2. The van der Waals surface area contributed by atoms with Crippen molar-refractivity contribution in [1.29, 1.82) is 5.26 Å². The van der Waals surface area contributed by atoms with Gasteiger partial charge < -0.3 is 19.8 Å². The van der Waals surface area contributed by atoms with Crippen molar-refractivity contribution in [1.82, 2.24) is 24.2 Å². The summed E-state index contributed by atoms with van der Waals surface area (Å²) in [5.41, 5.74) is 5.60. The minimum absolute atomic E-state index is 0.129. The molecular weight excluding hydrogens is 603 g/mol. The van der Waals surface area contributed by atoms with Crippen LogP contribution in [0.25, 0.3) is 16.9 Å². The minimum Gasteiger partial charge on any atom is -0.389 e.